The van der Waals surface area contributed by atoms with Crippen LogP contribution in [0.2, 0.25) is 0 Å². The van der Waals surface area contributed by atoms with E-state index >= 15 is 0 Å². The first-order valence-electron chi connectivity index (χ1n) is 20.3. The van der Waals surface area contributed by atoms with Crippen LogP contribution in [-0.4, -0.2) is 50.3 Å². The molecule has 0 aliphatic heterocycles. The molecule has 0 radical (unpaired) electrons. The molecule has 2 aromatic rings. The molecule has 0 atom stereocenters. The Labute approximate surface area is 313 Å². The van der Waals surface area contributed by atoms with Crippen molar-refractivity contribution in [3.63, 3.8) is 0 Å². The molecule has 0 amide bonds. The smallest absolute Gasteiger partial charge is 0.339 e. The molecule has 0 aliphatic rings. The molecule has 0 saturated heterocycles. The van der Waals surface area contributed by atoms with Crippen molar-refractivity contribution < 1.29 is 38.1 Å². The molecule has 0 unspecified atom stereocenters. The number of hydrogen-bond donors (Lipinski definition) is 0. The summed E-state index contributed by atoms with van der Waals surface area (Å²) >= 11 is 0. The summed E-state index contributed by atoms with van der Waals surface area (Å²) in [6, 6.07) is 9.73. The molecule has 0 aliphatic carbocycles. The van der Waals surface area contributed by atoms with Gasteiger partial charge in [-0.3, -0.25) is 0 Å². The van der Waals surface area contributed by atoms with Gasteiger partial charge < -0.3 is 18.9 Å². The van der Waals surface area contributed by atoms with Crippen LogP contribution in [0.4, 0.5) is 0 Å². The van der Waals surface area contributed by atoms with E-state index in [1.807, 2.05) is 0 Å². The maximum absolute atomic E-state index is 13.8. The van der Waals surface area contributed by atoms with Crippen LogP contribution in [0, 0.1) is 0 Å². The normalized spacial score (nSPS) is 10.9. The Hall–Kier alpha value is -3.68. The van der Waals surface area contributed by atoms with Crippen molar-refractivity contribution in [1.82, 2.24) is 0 Å². The maximum Gasteiger partial charge on any atom is 0.339 e. The minimum atomic E-state index is -0.637. The number of benzene rings is 2. The lowest BCUT2D eigenvalue weighted by Crippen LogP contribution is -2.17. The zero-order valence-corrected chi connectivity index (χ0v) is 32.7. The highest BCUT2D eigenvalue weighted by atomic mass is 16.5. The van der Waals surface area contributed by atoms with Crippen molar-refractivity contribution in [1.29, 1.82) is 0 Å². The van der Waals surface area contributed by atoms with Gasteiger partial charge in [0.15, 0.2) is 0 Å². The van der Waals surface area contributed by atoms with Gasteiger partial charge in [-0.05, 0) is 55.0 Å². The van der Waals surface area contributed by atoms with Crippen molar-refractivity contribution in [3.05, 3.63) is 58.7 Å². The van der Waals surface area contributed by atoms with Crippen LogP contribution in [0.1, 0.15) is 198 Å². The number of carbonyl (C=O) groups excluding carboxylic acids is 4. The van der Waals surface area contributed by atoms with Gasteiger partial charge in [-0.1, -0.05) is 149 Å². The molecule has 0 spiro atoms. The van der Waals surface area contributed by atoms with Gasteiger partial charge in [0.05, 0.1) is 48.7 Å². The third-order valence-electron chi connectivity index (χ3n) is 9.18. The van der Waals surface area contributed by atoms with Crippen LogP contribution in [0.3, 0.4) is 0 Å². The van der Waals surface area contributed by atoms with Gasteiger partial charge in [-0.25, -0.2) is 19.2 Å². The first-order valence-corrected chi connectivity index (χ1v) is 20.3. The Balaban J connectivity index is 2.44. The lowest BCUT2D eigenvalue weighted by Gasteiger charge is -2.16. The Morgan fingerprint density at radius 2 is 0.788 bits per heavy atom. The van der Waals surface area contributed by atoms with E-state index in [1.165, 1.54) is 6.07 Å². The lowest BCUT2D eigenvalue weighted by atomic mass is 9.92. The quantitative estimate of drug-likeness (QED) is 0.0464. The van der Waals surface area contributed by atoms with Crippen molar-refractivity contribution in [3.8, 4) is 11.1 Å². The summed E-state index contributed by atoms with van der Waals surface area (Å²) in [7, 11) is 0. The number of ether oxygens (including phenoxy) is 4. The number of hydrogen-bond acceptors (Lipinski definition) is 8. The highest BCUT2D eigenvalue weighted by molar-refractivity contribution is 6.09. The van der Waals surface area contributed by atoms with E-state index in [4.69, 9.17) is 18.9 Å². The maximum atomic E-state index is 13.8. The number of unbranched alkanes of at least 4 members (excludes halogenated alkanes) is 16. The molecule has 0 fully saturated rings. The van der Waals surface area contributed by atoms with Crippen LogP contribution in [0.25, 0.3) is 11.1 Å². The first-order chi connectivity index (χ1) is 25.4. The molecule has 0 saturated carbocycles. The van der Waals surface area contributed by atoms with Gasteiger partial charge in [-0.15, -0.1) is 0 Å². The van der Waals surface area contributed by atoms with Crippen molar-refractivity contribution >= 4 is 23.9 Å². The SMILES string of the molecule is CCCCCCCOC(=O)c1ccc(-c2cccc(C(=O)OCCCCCCC)c2C(=O)OCCCCCCC)cc1C(=O)OCCCCCCC. The Morgan fingerprint density at radius 3 is 1.23 bits per heavy atom. The monoisotopic (exact) mass is 722 g/mol. The molecular weight excluding hydrogens is 656 g/mol. The summed E-state index contributed by atoms with van der Waals surface area (Å²) in [6.45, 7) is 9.55. The fourth-order valence-corrected chi connectivity index (χ4v) is 6.03. The van der Waals surface area contributed by atoms with Gasteiger partial charge in [0.25, 0.3) is 0 Å². The van der Waals surface area contributed by atoms with Crippen molar-refractivity contribution in [2.24, 2.45) is 0 Å². The minimum Gasteiger partial charge on any atom is -0.462 e. The van der Waals surface area contributed by atoms with Crippen LogP contribution >= 0.6 is 0 Å². The summed E-state index contributed by atoms with van der Waals surface area (Å²) in [6.07, 6.45) is 20.0. The molecule has 290 valence electrons. The van der Waals surface area contributed by atoms with Crippen molar-refractivity contribution in [2.75, 3.05) is 26.4 Å². The second-order valence-electron chi connectivity index (χ2n) is 13.7. The molecule has 0 heterocycles. The van der Waals surface area contributed by atoms with Gasteiger partial charge in [0, 0.05) is 0 Å². The van der Waals surface area contributed by atoms with Crippen LogP contribution in [0.15, 0.2) is 36.4 Å². The van der Waals surface area contributed by atoms with Gasteiger partial charge >= 0.3 is 23.9 Å². The Morgan fingerprint density at radius 1 is 0.404 bits per heavy atom. The van der Waals surface area contributed by atoms with Crippen LogP contribution in [-0.2, 0) is 18.9 Å². The number of rotatable bonds is 29. The topological polar surface area (TPSA) is 105 Å². The highest BCUT2D eigenvalue weighted by Gasteiger charge is 2.26. The van der Waals surface area contributed by atoms with E-state index in [0.29, 0.717) is 11.1 Å². The van der Waals surface area contributed by atoms with E-state index in [-0.39, 0.29) is 48.7 Å². The molecule has 0 aromatic heterocycles. The van der Waals surface area contributed by atoms with Gasteiger partial charge in [-0.2, -0.15) is 0 Å². The average molecular weight is 723 g/mol. The zero-order valence-electron chi connectivity index (χ0n) is 32.7. The number of esters is 4. The molecular formula is C44H66O8. The Bertz CT molecular complexity index is 1330. The van der Waals surface area contributed by atoms with E-state index in [1.54, 1.807) is 30.3 Å². The zero-order chi connectivity index (χ0) is 37.8. The van der Waals surface area contributed by atoms with E-state index < -0.39 is 23.9 Å². The van der Waals surface area contributed by atoms with Gasteiger partial charge in [0.1, 0.15) is 0 Å². The summed E-state index contributed by atoms with van der Waals surface area (Å²) in [5, 5.41) is 0. The number of carbonyl (C=O) groups is 4. The van der Waals surface area contributed by atoms with Crippen molar-refractivity contribution in [2.45, 2.75) is 156 Å². The lowest BCUT2D eigenvalue weighted by molar-refractivity contribution is 0.0450. The summed E-state index contributed by atoms with van der Waals surface area (Å²) in [4.78, 5) is 54.1. The fourth-order valence-electron chi connectivity index (χ4n) is 6.03. The second-order valence-corrected chi connectivity index (χ2v) is 13.7. The predicted molar refractivity (Wildman–Crippen MR) is 208 cm³/mol. The van der Waals surface area contributed by atoms with E-state index in [0.717, 1.165) is 128 Å². The van der Waals surface area contributed by atoms with Gasteiger partial charge in [0.2, 0.25) is 0 Å². The van der Waals surface area contributed by atoms with E-state index in [2.05, 4.69) is 27.7 Å². The van der Waals surface area contributed by atoms with E-state index in [9.17, 15) is 19.2 Å². The summed E-state index contributed by atoms with van der Waals surface area (Å²) in [5.41, 5.74) is 1.20. The molecule has 2 aromatic carbocycles. The van der Waals surface area contributed by atoms with Crippen LogP contribution in [0.5, 0.6) is 0 Å². The molecule has 8 heteroatoms. The molecule has 0 bridgehead atoms. The van der Waals surface area contributed by atoms with Crippen LogP contribution < -0.4 is 0 Å². The highest BCUT2D eigenvalue weighted by Crippen LogP contribution is 2.31. The largest absolute Gasteiger partial charge is 0.462 e. The first kappa shape index (κ1) is 44.5. The third kappa shape index (κ3) is 16.8. The fraction of sp³-hybridized carbons (Fsp3) is 0.636. The summed E-state index contributed by atoms with van der Waals surface area (Å²) < 4.78 is 22.6. The third-order valence-corrected chi connectivity index (χ3v) is 9.18. The standard InChI is InChI=1S/C44H66O8/c1-5-9-13-17-21-30-49-41(45)37-29-28-35(34-39(37)43(47)51-32-23-19-15-11-7-3)36-26-25-27-38(42(46)50-31-22-18-14-10-6-2)40(36)44(48)52-33-24-20-16-12-8-4/h25-29,34H,5-24,30-33H2,1-4H3. The predicted octanol–water partition coefficient (Wildman–Crippen LogP) is 11.9. The Kier molecular flexibility index (Phi) is 23.9. The molecule has 8 nitrogen and oxygen atoms in total. The molecule has 52 heavy (non-hydrogen) atoms. The second kappa shape index (κ2) is 27.9. The minimum absolute atomic E-state index is 0.0531. The molecule has 2 rings (SSSR count). The summed E-state index contributed by atoms with van der Waals surface area (Å²) in [5.74, 6) is -2.48. The molecule has 0 N–H and O–H groups in total. The average Bonchev–Trinajstić information content (AvgIpc) is 3.16.